The lowest BCUT2D eigenvalue weighted by molar-refractivity contribution is -0.445. The summed E-state index contributed by atoms with van der Waals surface area (Å²) in [6.07, 6.45) is -33.6. The van der Waals surface area contributed by atoms with E-state index in [0.717, 1.165) is 0 Å². The molecule has 0 aliphatic carbocycles. The van der Waals surface area contributed by atoms with E-state index in [4.69, 9.17) is 0 Å². The third kappa shape index (κ3) is 4.21. The molecule has 0 aliphatic rings. The number of rotatable bonds is 6. The van der Waals surface area contributed by atoms with E-state index in [1.165, 1.54) is 0 Å². The van der Waals surface area contributed by atoms with E-state index in [1.807, 2.05) is 0 Å². The molecule has 0 spiro atoms. The summed E-state index contributed by atoms with van der Waals surface area (Å²) in [5.74, 6) is -13.1. The van der Waals surface area contributed by atoms with Gasteiger partial charge >= 0.3 is 42.4 Å². The van der Waals surface area contributed by atoms with Crippen molar-refractivity contribution in [2.75, 3.05) is 6.61 Å². The first-order chi connectivity index (χ1) is 11.1. The predicted molar refractivity (Wildman–Crippen MR) is 47.6 cm³/mol. The van der Waals surface area contributed by atoms with Crippen molar-refractivity contribution >= 4 is 0 Å². The van der Waals surface area contributed by atoms with Crippen LogP contribution in [-0.2, 0) is 4.74 Å². The van der Waals surface area contributed by atoms with E-state index in [2.05, 4.69) is 4.74 Å². The Morgan fingerprint density at radius 2 is 0.962 bits per heavy atom. The summed E-state index contributed by atoms with van der Waals surface area (Å²) in [6, 6.07) is 0. The Hall–Kier alpha value is -1.16. The molecule has 0 saturated carbocycles. The molecule has 0 rings (SSSR count). The highest BCUT2D eigenvalue weighted by Crippen LogP contribution is 2.58. The van der Waals surface area contributed by atoms with Crippen LogP contribution in [0.5, 0.6) is 0 Å². The molecule has 2 unspecified atom stereocenters. The number of alkyl halides is 16. The first-order valence-corrected chi connectivity index (χ1v) is 5.57. The van der Waals surface area contributed by atoms with Gasteiger partial charge in [-0.2, -0.15) is 48.3 Å². The van der Waals surface area contributed by atoms with Crippen molar-refractivity contribution in [2.45, 2.75) is 48.6 Å². The van der Waals surface area contributed by atoms with Gasteiger partial charge in [0.25, 0.3) is 6.17 Å². The Morgan fingerprint density at radius 3 is 1.19 bits per heavy atom. The van der Waals surface area contributed by atoms with Crippen molar-refractivity contribution in [1.29, 1.82) is 0 Å². The number of hydrogen-bond donors (Lipinski definition) is 0. The lowest BCUT2D eigenvalue weighted by Gasteiger charge is -2.42. The van der Waals surface area contributed by atoms with E-state index >= 15 is 0 Å². The Morgan fingerprint density at radius 1 is 0.615 bits per heavy atom. The maximum Gasteiger partial charge on any atom is 0.437 e. The van der Waals surface area contributed by atoms with Crippen LogP contribution in [0.4, 0.5) is 70.2 Å². The molecule has 0 bridgehead atoms. The van der Waals surface area contributed by atoms with Crippen LogP contribution >= 0.6 is 0 Å². The van der Waals surface area contributed by atoms with E-state index in [0.29, 0.717) is 0 Å². The minimum atomic E-state index is -7.85. The van der Waals surface area contributed by atoms with Gasteiger partial charge in [-0.15, -0.1) is 0 Å². The van der Waals surface area contributed by atoms with Crippen LogP contribution in [0.1, 0.15) is 0 Å². The molecule has 158 valence electrons. The molecule has 17 heteroatoms. The topological polar surface area (TPSA) is 9.23 Å². The summed E-state index contributed by atoms with van der Waals surface area (Å²) in [5.41, 5.74) is -7.85. The van der Waals surface area contributed by atoms with Gasteiger partial charge in [-0.05, 0) is 0 Å². The maximum atomic E-state index is 13.8. The van der Waals surface area contributed by atoms with E-state index in [1.54, 1.807) is 0 Å². The fourth-order valence-corrected chi connectivity index (χ4v) is 1.37. The zero-order chi connectivity index (χ0) is 21.6. The molecule has 0 aromatic rings. The van der Waals surface area contributed by atoms with Crippen LogP contribution < -0.4 is 0 Å². The normalized spacial score (nSPS) is 18.8. The van der Waals surface area contributed by atoms with Gasteiger partial charge in [-0.1, -0.05) is 0 Å². The molecule has 0 N–H and O–H groups in total. The van der Waals surface area contributed by atoms with Crippen molar-refractivity contribution in [3.05, 3.63) is 0 Å². The Bertz CT molecular complexity index is 460. The summed E-state index contributed by atoms with van der Waals surface area (Å²) < 4.78 is 201. The zero-order valence-electron chi connectivity index (χ0n) is 11.3. The molecule has 0 aromatic heterocycles. The second-order valence-corrected chi connectivity index (χ2v) is 4.55. The zero-order valence-corrected chi connectivity index (χ0v) is 11.3. The molecule has 1 nitrogen and oxygen atoms in total. The maximum absolute atomic E-state index is 13.8. The van der Waals surface area contributed by atoms with Gasteiger partial charge in [0.05, 0.1) is 0 Å². The molecule has 0 aliphatic heterocycles. The molecule has 0 saturated heterocycles. The fourth-order valence-electron chi connectivity index (χ4n) is 1.37. The van der Waals surface area contributed by atoms with E-state index in [9.17, 15) is 70.2 Å². The number of ether oxygens (including phenoxy) is 1. The van der Waals surface area contributed by atoms with Crippen molar-refractivity contribution < 1.29 is 75.0 Å². The molecule has 26 heavy (non-hydrogen) atoms. The first kappa shape index (κ1) is 24.8. The van der Waals surface area contributed by atoms with Gasteiger partial charge in [-0.25, -0.2) is 22.0 Å². The highest BCUT2D eigenvalue weighted by molar-refractivity contribution is 5.10. The van der Waals surface area contributed by atoms with Gasteiger partial charge in [0.1, 0.15) is 6.61 Å². The van der Waals surface area contributed by atoms with E-state index in [-0.39, 0.29) is 0 Å². The summed E-state index contributed by atoms with van der Waals surface area (Å²) in [7, 11) is 0. The smallest absolute Gasteiger partial charge is 0.334 e. The van der Waals surface area contributed by atoms with Crippen molar-refractivity contribution in [3.8, 4) is 0 Å². The minimum Gasteiger partial charge on any atom is -0.334 e. The first-order valence-electron chi connectivity index (χ1n) is 5.57. The molecular weight excluding hydrogens is 428 g/mol. The largest absolute Gasteiger partial charge is 0.437 e. The van der Waals surface area contributed by atoms with Gasteiger partial charge in [0.2, 0.25) is 0 Å². The molecule has 0 aromatic carbocycles. The van der Waals surface area contributed by atoms with Gasteiger partial charge in [0, 0.05) is 0 Å². The predicted octanol–water partition coefficient (Wildman–Crippen LogP) is 5.30. The second kappa shape index (κ2) is 6.78. The monoisotopic (exact) mass is 432 g/mol. The van der Waals surface area contributed by atoms with Crippen LogP contribution in [-0.4, -0.2) is 55.2 Å². The molecule has 0 amide bonds. The quantitative estimate of drug-likeness (QED) is 0.518. The third-order valence-corrected chi connectivity index (χ3v) is 2.66. The van der Waals surface area contributed by atoms with Gasteiger partial charge < -0.3 is 4.74 Å². The lowest BCUT2D eigenvalue weighted by Crippen LogP contribution is -2.72. The molecule has 0 radical (unpaired) electrons. The van der Waals surface area contributed by atoms with Gasteiger partial charge in [-0.3, -0.25) is 0 Å². The lowest BCUT2D eigenvalue weighted by atomic mass is 9.90. The summed E-state index contributed by atoms with van der Waals surface area (Å²) in [5, 5.41) is 0. The van der Waals surface area contributed by atoms with Crippen LogP contribution in [0, 0.1) is 0 Å². The SMILES string of the molecule is FC(F)C(F)(F)COC(F)(C(F)C(F)(F)F)C(F)(C(F)(F)F)C(F)(F)F. The van der Waals surface area contributed by atoms with E-state index < -0.39 is 55.2 Å². The van der Waals surface area contributed by atoms with Crippen molar-refractivity contribution in [2.24, 2.45) is 0 Å². The van der Waals surface area contributed by atoms with Crippen LogP contribution in [0.15, 0.2) is 0 Å². The standard InChI is InChI=1S/C9H4F16O/c10-2(6(16,17)18)5(15,26-1-4(13,14)3(11)12)7(19,8(20,21)22)9(23,24)25/h2-3H,1H2. The molecule has 0 fully saturated rings. The molecular formula is C9H4F16O. The third-order valence-electron chi connectivity index (χ3n) is 2.66. The minimum absolute atomic E-state index is 2.26. The molecule has 0 heterocycles. The van der Waals surface area contributed by atoms with Crippen LogP contribution in [0.25, 0.3) is 0 Å². The fraction of sp³-hybridized carbons (Fsp3) is 1.00. The number of halogens is 16. The van der Waals surface area contributed by atoms with Crippen LogP contribution in [0.2, 0.25) is 0 Å². The van der Waals surface area contributed by atoms with Gasteiger partial charge in [0.15, 0.2) is 0 Å². The summed E-state index contributed by atoms with van der Waals surface area (Å²) in [4.78, 5) is 0. The summed E-state index contributed by atoms with van der Waals surface area (Å²) >= 11 is 0. The Balaban J connectivity index is 6.50. The summed E-state index contributed by atoms with van der Waals surface area (Å²) in [6.45, 7) is -3.64. The average Bonchev–Trinajstić information content (AvgIpc) is 2.39. The highest BCUT2D eigenvalue weighted by atomic mass is 19.4. The second-order valence-electron chi connectivity index (χ2n) is 4.55. The number of hydrogen-bond acceptors (Lipinski definition) is 1. The Kier molecular flexibility index (Phi) is 6.47. The average molecular weight is 432 g/mol. The highest BCUT2D eigenvalue weighted by Gasteiger charge is 2.88. The van der Waals surface area contributed by atoms with Crippen LogP contribution in [0.3, 0.4) is 0 Å². The Labute approximate surface area is 131 Å². The van der Waals surface area contributed by atoms with Crippen molar-refractivity contribution in [3.63, 3.8) is 0 Å². The molecule has 2 atom stereocenters. The van der Waals surface area contributed by atoms with Crippen molar-refractivity contribution in [1.82, 2.24) is 0 Å².